The minimum Gasteiger partial charge on any atom is -0.320 e. The number of carbonyl (C=O) groups is 1. The number of nitrogens with zero attached hydrogens (tertiary/aromatic N) is 2. The van der Waals surface area contributed by atoms with Gasteiger partial charge in [0.25, 0.3) is 0 Å². The lowest BCUT2D eigenvalue weighted by Gasteiger charge is -2.38. The lowest BCUT2D eigenvalue weighted by atomic mass is 10.0. The maximum atomic E-state index is 12.1. The molecule has 19 heavy (non-hydrogen) atoms. The molecule has 4 heteroatoms. The molecule has 1 fully saturated rings. The molecule has 1 aromatic carbocycles. The highest BCUT2D eigenvalue weighted by Gasteiger charge is 2.36. The Morgan fingerprint density at radius 1 is 1.32 bits per heavy atom. The molecule has 0 aliphatic carbocycles. The van der Waals surface area contributed by atoms with Crippen molar-refractivity contribution in [2.75, 3.05) is 27.2 Å². The molecule has 0 radical (unpaired) electrons. The van der Waals surface area contributed by atoms with Gasteiger partial charge in [-0.15, -0.1) is 0 Å². The first kappa shape index (κ1) is 14.0. The Bertz CT molecular complexity index is 442. The quantitative estimate of drug-likeness (QED) is 0.891. The highest BCUT2D eigenvalue weighted by molar-refractivity contribution is 5.81. The van der Waals surface area contributed by atoms with Crippen LogP contribution in [-0.4, -0.2) is 48.4 Å². The van der Waals surface area contributed by atoms with Crippen molar-refractivity contribution in [3.8, 4) is 0 Å². The fourth-order valence-electron chi connectivity index (χ4n) is 2.21. The van der Waals surface area contributed by atoms with E-state index >= 15 is 0 Å². The normalized spacial score (nSPS) is 20.4. The van der Waals surface area contributed by atoms with Gasteiger partial charge in [0, 0.05) is 12.1 Å². The smallest absolute Gasteiger partial charge is 0.238 e. The number of amides is 1. The zero-order valence-corrected chi connectivity index (χ0v) is 12.2. The van der Waals surface area contributed by atoms with Crippen LogP contribution in [0.3, 0.4) is 0 Å². The van der Waals surface area contributed by atoms with Crippen molar-refractivity contribution in [3.05, 3.63) is 35.9 Å². The van der Waals surface area contributed by atoms with E-state index in [4.69, 9.17) is 0 Å². The number of nitrogens with one attached hydrogen (secondary N) is 1. The molecular weight excluding hydrogens is 238 g/mol. The Balaban J connectivity index is 2.19. The van der Waals surface area contributed by atoms with Crippen LogP contribution in [0.25, 0.3) is 0 Å². The summed E-state index contributed by atoms with van der Waals surface area (Å²) in [4.78, 5) is 16.2. The summed E-state index contributed by atoms with van der Waals surface area (Å²) in [6.07, 6.45) is -0.00655. The largest absolute Gasteiger partial charge is 0.320 e. The second-order valence-electron chi connectivity index (χ2n) is 5.92. The maximum absolute atomic E-state index is 12.1. The van der Waals surface area contributed by atoms with Gasteiger partial charge in [0.15, 0.2) is 0 Å². The van der Waals surface area contributed by atoms with E-state index in [9.17, 15) is 4.79 Å². The van der Waals surface area contributed by atoms with Crippen LogP contribution >= 0.6 is 0 Å². The van der Waals surface area contributed by atoms with Gasteiger partial charge >= 0.3 is 0 Å². The van der Waals surface area contributed by atoms with E-state index in [1.165, 1.54) is 0 Å². The average molecular weight is 261 g/mol. The SMILES string of the molecule is CN(C)C(C)(C)CN1C(=O)CNC1c1ccccc1. The molecular formula is C15H23N3O. The Hall–Kier alpha value is -1.39. The van der Waals surface area contributed by atoms with Gasteiger partial charge in [-0.1, -0.05) is 30.3 Å². The summed E-state index contributed by atoms with van der Waals surface area (Å²) in [5.74, 6) is 0.170. The third-order valence-corrected chi connectivity index (χ3v) is 3.96. The number of rotatable bonds is 4. The molecule has 4 nitrogen and oxygen atoms in total. The molecule has 2 rings (SSSR count). The second-order valence-corrected chi connectivity index (χ2v) is 5.92. The maximum Gasteiger partial charge on any atom is 0.238 e. The monoisotopic (exact) mass is 261 g/mol. The van der Waals surface area contributed by atoms with Crippen LogP contribution in [0.2, 0.25) is 0 Å². The van der Waals surface area contributed by atoms with Crippen LogP contribution in [0, 0.1) is 0 Å². The van der Waals surface area contributed by atoms with E-state index in [2.05, 4.69) is 36.2 Å². The first-order valence-corrected chi connectivity index (χ1v) is 6.67. The molecule has 1 saturated heterocycles. The Kier molecular flexibility index (Phi) is 3.92. The molecule has 0 bridgehead atoms. The minimum absolute atomic E-state index is 0.00655. The molecule has 1 amide bonds. The third kappa shape index (κ3) is 2.96. The average Bonchev–Trinajstić information content (AvgIpc) is 2.71. The summed E-state index contributed by atoms with van der Waals surface area (Å²) in [5, 5.41) is 3.29. The van der Waals surface area contributed by atoms with Crippen LogP contribution in [0.1, 0.15) is 25.6 Å². The minimum atomic E-state index is -0.0469. The Morgan fingerprint density at radius 3 is 2.53 bits per heavy atom. The summed E-state index contributed by atoms with van der Waals surface area (Å²) >= 11 is 0. The summed E-state index contributed by atoms with van der Waals surface area (Å²) in [6, 6.07) is 10.1. The predicted octanol–water partition coefficient (Wildman–Crippen LogP) is 1.46. The van der Waals surface area contributed by atoms with E-state index in [0.717, 1.165) is 5.56 Å². The van der Waals surface area contributed by atoms with E-state index < -0.39 is 0 Å². The van der Waals surface area contributed by atoms with Gasteiger partial charge in [-0.3, -0.25) is 10.1 Å². The van der Waals surface area contributed by atoms with Gasteiger partial charge in [0.05, 0.1) is 6.54 Å². The van der Waals surface area contributed by atoms with Gasteiger partial charge < -0.3 is 9.80 Å². The summed E-state index contributed by atoms with van der Waals surface area (Å²) in [6.45, 7) is 5.44. The van der Waals surface area contributed by atoms with Crippen molar-refractivity contribution in [1.82, 2.24) is 15.1 Å². The molecule has 0 saturated carbocycles. The zero-order chi connectivity index (χ0) is 14.0. The van der Waals surface area contributed by atoms with Crippen LogP contribution < -0.4 is 5.32 Å². The molecule has 0 aromatic heterocycles. The number of hydrogen-bond donors (Lipinski definition) is 1. The van der Waals surface area contributed by atoms with E-state index in [1.807, 2.05) is 37.2 Å². The van der Waals surface area contributed by atoms with Crippen molar-refractivity contribution in [3.63, 3.8) is 0 Å². The van der Waals surface area contributed by atoms with Crippen LogP contribution in [-0.2, 0) is 4.79 Å². The van der Waals surface area contributed by atoms with Crippen molar-refractivity contribution < 1.29 is 4.79 Å². The van der Waals surface area contributed by atoms with Crippen molar-refractivity contribution in [1.29, 1.82) is 0 Å². The molecule has 1 heterocycles. The molecule has 1 aliphatic heterocycles. The van der Waals surface area contributed by atoms with E-state index in [1.54, 1.807) is 0 Å². The van der Waals surface area contributed by atoms with Crippen molar-refractivity contribution >= 4 is 5.91 Å². The fourth-order valence-corrected chi connectivity index (χ4v) is 2.21. The van der Waals surface area contributed by atoms with Gasteiger partial charge in [-0.25, -0.2) is 0 Å². The van der Waals surface area contributed by atoms with Crippen LogP contribution in [0.4, 0.5) is 0 Å². The number of likely N-dealkylation sites (N-methyl/N-ethyl adjacent to an activating group) is 1. The first-order chi connectivity index (χ1) is 8.92. The molecule has 1 aromatic rings. The highest BCUT2D eigenvalue weighted by atomic mass is 16.2. The summed E-state index contributed by atoms with van der Waals surface area (Å²) < 4.78 is 0. The number of hydrogen-bond acceptors (Lipinski definition) is 3. The van der Waals surface area contributed by atoms with Crippen molar-refractivity contribution in [2.24, 2.45) is 0 Å². The van der Waals surface area contributed by atoms with Gasteiger partial charge in [-0.05, 0) is 33.5 Å². The predicted molar refractivity (Wildman–Crippen MR) is 76.7 cm³/mol. The molecule has 1 unspecified atom stereocenters. The Morgan fingerprint density at radius 2 is 1.95 bits per heavy atom. The zero-order valence-electron chi connectivity index (χ0n) is 12.2. The first-order valence-electron chi connectivity index (χ1n) is 6.67. The van der Waals surface area contributed by atoms with Gasteiger partial charge in [0.1, 0.15) is 6.17 Å². The topological polar surface area (TPSA) is 35.6 Å². The Labute approximate surface area is 115 Å². The highest BCUT2D eigenvalue weighted by Crippen LogP contribution is 2.25. The summed E-state index contributed by atoms with van der Waals surface area (Å²) in [7, 11) is 4.09. The molecule has 0 spiro atoms. The van der Waals surface area contributed by atoms with Crippen molar-refractivity contribution in [2.45, 2.75) is 25.6 Å². The van der Waals surface area contributed by atoms with Crippen LogP contribution in [0.5, 0.6) is 0 Å². The lowest BCUT2D eigenvalue weighted by molar-refractivity contribution is -0.129. The third-order valence-electron chi connectivity index (χ3n) is 3.96. The molecule has 1 N–H and O–H groups in total. The molecule has 1 aliphatic rings. The lowest BCUT2D eigenvalue weighted by Crippen LogP contribution is -2.49. The van der Waals surface area contributed by atoms with Gasteiger partial charge in [-0.2, -0.15) is 0 Å². The van der Waals surface area contributed by atoms with Crippen LogP contribution in [0.15, 0.2) is 30.3 Å². The number of benzene rings is 1. The second kappa shape index (κ2) is 5.31. The van der Waals surface area contributed by atoms with E-state index in [0.29, 0.717) is 13.1 Å². The van der Waals surface area contributed by atoms with Gasteiger partial charge in [0.2, 0.25) is 5.91 Å². The summed E-state index contributed by atoms with van der Waals surface area (Å²) in [5.41, 5.74) is 1.09. The van der Waals surface area contributed by atoms with E-state index in [-0.39, 0.29) is 17.6 Å². The standard InChI is InChI=1S/C15H23N3O/c1-15(2,17(3)4)11-18-13(19)10-16-14(18)12-8-6-5-7-9-12/h5-9,14,16H,10-11H2,1-4H3. The molecule has 104 valence electrons. The molecule has 1 atom stereocenters. The fraction of sp³-hybridized carbons (Fsp3) is 0.533. The number of carbonyl (C=O) groups excluding carboxylic acids is 1.